The van der Waals surface area contributed by atoms with Crippen molar-refractivity contribution in [1.29, 1.82) is 0 Å². The number of halogens is 2. The largest absolute Gasteiger partial charge is 0.496 e. The van der Waals surface area contributed by atoms with Crippen molar-refractivity contribution < 1.29 is 23.0 Å². The number of benzene rings is 1. The minimum absolute atomic E-state index is 0.143. The molecule has 1 aromatic rings. The summed E-state index contributed by atoms with van der Waals surface area (Å²) in [5.74, 6) is -2.42. The Morgan fingerprint density at radius 3 is 2.59 bits per heavy atom. The van der Waals surface area contributed by atoms with Crippen LogP contribution in [0.3, 0.4) is 0 Å². The van der Waals surface area contributed by atoms with Crippen LogP contribution in [0.1, 0.15) is 12.5 Å². The topological polar surface area (TPSA) is 35.5 Å². The van der Waals surface area contributed by atoms with Crippen LogP contribution in [0.4, 0.5) is 8.78 Å². The normalized spacial score (nSPS) is 10.6. The molecule has 0 saturated carbocycles. The molecule has 0 amide bonds. The molecule has 17 heavy (non-hydrogen) atoms. The summed E-state index contributed by atoms with van der Waals surface area (Å²) in [6.45, 7) is 1.92. The molecule has 0 aliphatic rings. The molecular formula is C12H12F2O3. The molecule has 0 unspecified atom stereocenters. The van der Waals surface area contributed by atoms with Crippen molar-refractivity contribution in [3.63, 3.8) is 0 Å². The van der Waals surface area contributed by atoms with E-state index in [0.717, 1.165) is 18.2 Å². The fourth-order valence-electron chi connectivity index (χ4n) is 1.20. The first-order valence-electron chi connectivity index (χ1n) is 4.96. The number of hydrogen-bond donors (Lipinski definition) is 0. The maximum absolute atomic E-state index is 13.0. The van der Waals surface area contributed by atoms with Crippen LogP contribution < -0.4 is 4.74 Å². The van der Waals surface area contributed by atoms with Crippen molar-refractivity contribution in [3.8, 4) is 5.75 Å². The Balaban J connectivity index is 2.97. The van der Waals surface area contributed by atoms with Gasteiger partial charge in [0.25, 0.3) is 0 Å². The van der Waals surface area contributed by atoms with Crippen LogP contribution in [0.25, 0.3) is 6.08 Å². The van der Waals surface area contributed by atoms with Crippen molar-refractivity contribution in [2.75, 3.05) is 13.7 Å². The van der Waals surface area contributed by atoms with Gasteiger partial charge in [0, 0.05) is 17.7 Å². The third-order valence-electron chi connectivity index (χ3n) is 1.96. The molecule has 92 valence electrons. The molecule has 3 nitrogen and oxygen atoms in total. The van der Waals surface area contributed by atoms with Gasteiger partial charge in [-0.05, 0) is 19.1 Å². The van der Waals surface area contributed by atoms with Gasteiger partial charge in [-0.1, -0.05) is 0 Å². The third-order valence-corrected chi connectivity index (χ3v) is 1.96. The summed E-state index contributed by atoms with van der Waals surface area (Å²) in [5, 5.41) is 0. The van der Waals surface area contributed by atoms with E-state index in [1.807, 2.05) is 0 Å². The minimum Gasteiger partial charge on any atom is -0.496 e. The number of rotatable bonds is 4. The standard InChI is InChI=1S/C12H12F2O3/c1-3-17-12(15)5-4-8-6-9(13)10(14)7-11(8)16-2/h4-7H,3H2,1-2H3. The molecule has 0 radical (unpaired) electrons. The van der Waals surface area contributed by atoms with Gasteiger partial charge in [0.2, 0.25) is 0 Å². The number of carbonyl (C=O) groups is 1. The number of methoxy groups -OCH3 is 1. The molecular weight excluding hydrogens is 230 g/mol. The van der Waals surface area contributed by atoms with Gasteiger partial charge in [-0.3, -0.25) is 0 Å². The predicted molar refractivity (Wildman–Crippen MR) is 58.6 cm³/mol. The zero-order chi connectivity index (χ0) is 12.8. The summed E-state index contributed by atoms with van der Waals surface area (Å²) in [4.78, 5) is 11.1. The van der Waals surface area contributed by atoms with Crippen molar-refractivity contribution in [1.82, 2.24) is 0 Å². The van der Waals surface area contributed by atoms with Gasteiger partial charge in [-0.2, -0.15) is 0 Å². The van der Waals surface area contributed by atoms with Gasteiger partial charge in [-0.15, -0.1) is 0 Å². The molecule has 0 bridgehead atoms. The molecule has 0 aliphatic carbocycles. The van der Waals surface area contributed by atoms with E-state index in [0.29, 0.717) is 0 Å². The smallest absolute Gasteiger partial charge is 0.330 e. The molecule has 0 atom stereocenters. The van der Waals surface area contributed by atoms with E-state index in [1.54, 1.807) is 6.92 Å². The summed E-state index contributed by atoms with van der Waals surface area (Å²) >= 11 is 0. The van der Waals surface area contributed by atoms with E-state index in [4.69, 9.17) is 4.74 Å². The van der Waals surface area contributed by atoms with Gasteiger partial charge < -0.3 is 9.47 Å². The lowest BCUT2D eigenvalue weighted by Crippen LogP contribution is -1.99. The molecule has 0 aliphatic heterocycles. The monoisotopic (exact) mass is 242 g/mol. The van der Waals surface area contributed by atoms with Gasteiger partial charge in [0.1, 0.15) is 5.75 Å². The molecule has 0 spiro atoms. The van der Waals surface area contributed by atoms with E-state index in [-0.39, 0.29) is 17.9 Å². The fourth-order valence-corrected chi connectivity index (χ4v) is 1.20. The van der Waals surface area contributed by atoms with Crippen LogP contribution >= 0.6 is 0 Å². The molecule has 0 aromatic heterocycles. The van der Waals surface area contributed by atoms with Gasteiger partial charge in [0.05, 0.1) is 13.7 Å². The Hall–Kier alpha value is -1.91. The van der Waals surface area contributed by atoms with Crippen molar-refractivity contribution in [2.45, 2.75) is 6.92 Å². The van der Waals surface area contributed by atoms with Gasteiger partial charge in [0.15, 0.2) is 11.6 Å². The van der Waals surface area contributed by atoms with Crippen molar-refractivity contribution >= 4 is 12.0 Å². The third kappa shape index (κ3) is 3.55. The maximum atomic E-state index is 13.0. The SMILES string of the molecule is CCOC(=O)C=Cc1cc(F)c(F)cc1OC. The van der Waals surface area contributed by atoms with Crippen LogP contribution in [-0.4, -0.2) is 19.7 Å². The second-order valence-electron chi connectivity index (χ2n) is 3.09. The Bertz CT molecular complexity index is 442. The van der Waals surface area contributed by atoms with E-state index in [2.05, 4.69) is 4.74 Å². The minimum atomic E-state index is -1.01. The second-order valence-corrected chi connectivity index (χ2v) is 3.09. The van der Waals surface area contributed by atoms with E-state index < -0.39 is 17.6 Å². The van der Waals surface area contributed by atoms with Crippen LogP contribution in [0.5, 0.6) is 5.75 Å². The highest BCUT2D eigenvalue weighted by molar-refractivity contribution is 5.87. The van der Waals surface area contributed by atoms with E-state index >= 15 is 0 Å². The highest BCUT2D eigenvalue weighted by Crippen LogP contribution is 2.23. The van der Waals surface area contributed by atoms with Crippen LogP contribution in [0.15, 0.2) is 18.2 Å². The summed E-state index contributed by atoms with van der Waals surface area (Å²) in [6.07, 6.45) is 2.43. The molecule has 0 heterocycles. The Kier molecular flexibility index (Phi) is 4.63. The van der Waals surface area contributed by atoms with Crippen LogP contribution in [-0.2, 0) is 9.53 Å². The van der Waals surface area contributed by atoms with Gasteiger partial charge >= 0.3 is 5.97 Å². The maximum Gasteiger partial charge on any atom is 0.330 e. The zero-order valence-electron chi connectivity index (χ0n) is 9.50. The molecule has 1 aromatic carbocycles. The summed E-state index contributed by atoms with van der Waals surface area (Å²) in [5.41, 5.74) is 0.263. The highest BCUT2D eigenvalue weighted by Gasteiger charge is 2.08. The average Bonchev–Trinajstić information content (AvgIpc) is 2.30. The second kappa shape index (κ2) is 5.98. The zero-order valence-corrected chi connectivity index (χ0v) is 9.50. The predicted octanol–water partition coefficient (Wildman–Crippen LogP) is 2.55. The Morgan fingerprint density at radius 2 is 2.00 bits per heavy atom. The molecule has 1 rings (SSSR count). The summed E-state index contributed by atoms with van der Waals surface area (Å²) in [7, 11) is 1.33. The summed E-state index contributed by atoms with van der Waals surface area (Å²) in [6, 6.07) is 1.87. The highest BCUT2D eigenvalue weighted by atomic mass is 19.2. The Morgan fingerprint density at radius 1 is 1.35 bits per heavy atom. The van der Waals surface area contributed by atoms with E-state index in [1.165, 1.54) is 13.2 Å². The molecule has 0 fully saturated rings. The number of ether oxygens (including phenoxy) is 2. The molecule has 0 saturated heterocycles. The number of hydrogen-bond acceptors (Lipinski definition) is 3. The lowest BCUT2D eigenvalue weighted by atomic mass is 10.1. The first-order chi connectivity index (χ1) is 8.08. The quantitative estimate of drug-likeness (QED) is 0.601. The first-order valence-corrected chi connectivity index (χ1v) is 4.96. The fraction of sp³-hybridized carbons (Fsp3) is 0.250. The van der Waals surface area contributed by atoms with Crippen LogP contribution in [0, 0.1) is 11.6 Å². The van der Waals surface area contributed by atoms with Gasteiger partial charge in [-0.25, -0.2) is 13.6 Å². The number of esters is 1. The molecule has 5 heteroatoms. The van der Waals surface area contributed by atoms with E-state index in [9.17, 15) is 13.6 Å². The lowest BCUT2D eigenvalue weighted by Gasteiger charge is -2.05. The average molecular weight is 242 g/mol. The van der Waals surface area contributed by atoms with Crippen molar-refractivity contribution in [2.24, 2.45) is 0 Å². The van der Waals surface area contributed by atoms with Crippen molar-refractivity contribution in [3.05, 3.63) is 35.4 Å². The van der Waals surface area contributed by atoms with Crippen LogP contribution in [0.2, 0.25) is 0 Å². The Labute approximate surface area is 97.7 Å². The first kappa shape index (κ1) is 13.2. The lowest BCUT2D eigenvalue weighted by molar-refractivity contribution is -0.137. The summed E-state index contributed by atoms with van der Waals surface area (Å²) < 4.78 is 35.4. The molecule has 0 N–H and O–H groups in total. The number of carbonyl (C=O) groups excluding carboxylic acids is 1.